The van der Waals surface area contributed by atoms with Crippen LogP contribution in [0.4, 0.5) is 0 Å². The summed E-state index contributed by atoms with van der Waals surface area (Å²) in [6.45, 7) is 4.85. The molecule has 1 aliphatic heterocycles. The van der Waals surface area contributed by atoms with Crippen molar-refractivity contribution in [2.24, 2.45) is 0 Å². The smallest absolute Gasteiger partial charge is 0.246 e. The first kappa shape index (κ1) is 16.7. The van der Waals surface area contributed by atoms with Gasteiger partial charge in [0.1, 0.15) is 12.4 Å². The number of benzene rings is 1. The number of nitrogens with one attached hydrogen (secondary N) is 1. The largest absolute Gasteiger partial charge is 0.468 e. The van der Waals surface area contributed by atoms with Crippen LogP contribution >= 0.6 is 0 Å². The zero-order chi connectivity index (χ0) is 16.8. The Morgan fingerprint density at radius 1 is 1.29 bits per heavy atom. The molecule has 1 N–H and O–H groups in total. The summed E-state index contributed by atoms with van der Waals surface area (Å²) in [5.41, 5.74) is 2.76. The lowest BCUT2D eigenvalue weighted by Crippen LogP contribution is -2.41. The summed E-state index contributed by atoms with van der Waals surface area (Å²) in [6.07, 6.45) is 2.70. The molecule has 1 aromatic heterocycles. The van der Waals surface area contributed by atoms with E-state index in [0.29, 0.717) is 13.2 Å². The third-order valence-corrected chi connectivity index (χ3v) is 4.40. The second-order valence-electron chi connectivity index (χ2n) is 5.96. The van der Waals surface area contributed by atoms with Crippen molar-refractivity contribution in [3.05, 3.63) is 59.5 Å². The van der Waals surface area contributed by atoms with Gasteiger partial charge in [-0.25, -0.2) is 0 Å². The van der Waals surface area contributed by atoms with Crippen molar-refractivity contribution >= 4 is 5.91 Å². The number of hydrogen-bond donors (Lipinski definition) is 1. The Hall–Kier alpha value is -2.11. The van der Waals surface area contributed by atoms with Crippen LogP contribution in [0.5, 0.6) is 0 Å². The van der Waals surface area contributed by atoms with E-state index in [0.717, 1.165) is 25.3 Å². The Balaban J connectivity index is 1.68. The summed E-state index contributed by atoms with van der Waals surface area (Å²) in [5, 5.41) is 2.96. The third kappa shape index (κ3) is 4.04. The summed E-state index contributed by atoms with van der Waals surface area (Å²) in [4.78, 5) is 14.2. The topological polar surface area (TPSA) is 54.7 Å². The molecule has 24 heavy (non-hydrogen) atoms. The van der Waals surface area contributed by atoms with E-state index in [2.05, 4.69) is 34.5 Å². The highest BCUT2D eigenvalue weighted by molar-refractivity contribution is 5.77. The number of amides is 1. The molecule has 0 bridgehead atoms. The van der Waals surface area contributed by atoms with Gasteiger partial charge >= 0.3 is 0 Å². The van der Waals surface area contributed by atoms with Crippen molar-refractivity contribution in [2.45, 2.75) is 25.9 Å². The predicted molar refractivity (Wildman–Crippen MR) is 91.5 cm³/mol. The van der Waals surface area contributed by atoms with Crippen LogP contribution in [0.2, 0.25) is 0 Å². The average molecular weight is 328 g/mol. The first-order valence-electron chi connectivity index (χ1n) is 8.46. The highest BCUT2D eigenvalue weighted by atomic mass is 16.5. The lowest BCUT2D eigenvalue weighted by molar-refractivity contribution is -0.125. The van der Waals surface area contributed by atoms with Crippen molar-refractivity contribution in [3.63, 3.8) is 0 Å². The maximum absolute atomic E-state index is 11.9. The number of nitrogens with zero attached hydrogens (tertiary/aromatic N) is 1. The molecule has 1 atom stereocenters. The quantitative estimate of drug-likeness (QED) is 0.848. The Labute approximate surface area is 142 Å². The highest BCUT2D eigenvalue weighted by Crippen LogP contribution is 2.27. The number of rotatable bonds is 7. The second kappa shape index (κ2) is 8.13. The van der Waals surface area contributed by atoms with Crippen molar-refractivity contribution < 1.29 is 13.9 Å². The second-order valence-corrected chi connectivity index (χ2v) is 5.96. The lowest BCUT2D eigenvalue weighted by atomic mass is 9.98. The number of furan rings is 1. The van der Waals surface area contributed by atoms with E-state index in [1.165, 1.54) is 11.1 Å². The molecule has 1 amide bonds. The summed E-state index contributed by atoms with van der Waals surface area (Å²) >= 11 is 0. The van der Waals surface area contributed by atoms with Crippen LogP contribution < -0.4 is 5.32 Å². The number of carbonyl (C=O) groups excluding carboxylic acids is 1. The van der Waals surface area contributed by atoms with Gasteiger partial charge in [0.15, 0.2) is 0 Å². The fourth-order valence-electron chi connectivity index (χ4n) is 3.13. The van der Waals surface area contributed by atoms with Gasteiger partial charge in [0.05, 0.1) is 12.3 Å². The molecule has 0 unspecified atom stereocenters. The molecular weight excluding hydrogens is 304 g/mol. The molecule has 0 fully saturated rings. The molecule has 5 nitrogen and oxygen atoms in total. The van der Waals surface area contributed by atoms with E-state index < -0.39 is 0 Å². The van der Waals surface area contributed by atoms with Gasteiger partial charge in [-0.2, -0.15) is 0 Å². The maximum atomic E-state index is 11.9. The molecule has 5 heteroatoms. The number of hydrogen-bond acceptors (Lipinski definition) is 4. The SMILES string of the molecule is CCOCC(=O)NC[C@@H](c1ccco1)N1CCc2ccccc2C1. The van der Waals surface area contributed by atoms with Crippen molar-refractivity contribution in [3.8, 4) is 0 Å². The van der Waals surface area contributed by atoms with Gasteiger partial charge in [-0.05, 0) is 36.6 Å². The van der Waals surface area contributed by atoms with Gasteiger partial charge in [0, 0.05) is 26.2 Å². The molecule has 0 aliphatic carbocycles. The molecule has 1 aliphatic rings. The van der Waals surface area contributed by atoms with E-state index in [1.54, 1.807) is 6.26 Å². The summed E-state index contributed by atoms with van der Waals surface area (Å²) in [5.74, 6) is 0.789. The molecule has 0 spiro atoms. The first-order chi connectivity index (χ1) is 11.8. The normalized spacial score (nSPS) is 15.7. The molecular formula is C19H24N2O3. The maximum Gasteiger partial charge on any atom is 0.246 e. The van der Waals surface area contributed by atoms with Gasteiger partial charge in [0.2, 0.25) is 5.91 Å². The van der Waals surface area contributed by atoms with E-state index in [9.17, 15) is 4.79 Å². The Morgan fingerprint density at radius 2 is 2.12 bits per heavy atom. The van der Waals surface area contributed by atoms with Gasteiger partial charge in [-0.15, -0.1) is 0 Å². The first-order valence-corrected chi connectivity index (χ1v) is 8.46. The molecule has 3 rings (SSSR count). The number of ether oxygens (including phenoxy) is 1. The lowest BCUT2D eigenvalue weighted by Gasteiger charge is -2.34. The number of fused-ring (bicyclic) bond motifs is 1. The molecule has 1 aromatic carbocycles. The van der Waals surface area contributed by atoms with Gasteiger partial charge in [-0.1, -0.05) is 24.3 Å². The van der Waals surface area contributed by atoms with Gasteiger partial charge < -0.3 is 14.5 Å². The molecule has 2 aromatic rings. The van der Waals surface area contributed by atoms with Crippen LogP contribution in [0, 0.1) is 0 Å². The standard InChI is InChI=1S/C19H24N2O3/c1-2-23-14-19(22)20-12-17(18-8-5-11-24-18)21-10-9-15-6-3-4-7-16(15)13-21/h3-8,11,17H,2,9-10,12-14H2,1H3,(H,20,22)/t17-/m0/s1. The van der Waals surface area contributed by atoms with Crippen LogP contribution in [0.25, 0.3) is 0 Å². The Kier molecular flexibility index (Phi) is 5.67. The average Bonchev–Trinajstić information content (AvgIpc) is 3.14. The monoisotopic (exact) mass is 328 g/mol. The fraction of sp³-hybridized carbons (Fsp3) is 0.421. The van der Waals surface area contributed by atoms with E-state index >= 15 is 0 Å². The molecule has 128 valence electrons. The van der Waals surface area contributed by atoms with Crippen LogP contribution in [0.15, 0.2) is 47.1 Å². The summed E-state index contributed by atoms with van der Waals surface area (Å²) in [7, 11) is 0. The van der Waals surface area contributed by atoms with Gasteiger partial charge in [-0.3, -0.25) is 9.69 Å². The zero-order valence-electron chi connectivity index (χ0n) is 14.0. The minimum atomic E-state index is -0.0918. The Bertz CT molecular complexity index is 654. The van der Waals surface area contributed by atoms with Crippen molar-refractivity contribution in [1.29, 1.82) is 0 Å². The minimum absolute atomic E-state index is 0.0268. The zero-order valence-corrected chi connectivity index (χ0v) is 14.0. The minimum Gasteiger partial charge on any atom is -0.468 e. The van der Waals surface area contributed by atoms with E-state index in [4.69, 9.17) is 9.15 Å². The van der Waals surface area contributed by atoms with Crippen LogP contribution in [-0.4, -0.2) is 37.1 Å². The molecule has 0 radical (unpaired) electrons. The third-order valence-electron chi connectivity index (χ3n) is 4.40. The predicted octanol–water partition coefficient (Wildman–Crippen LogP) is 2.53. The van der Waals surface area contributed by atoms with Crippen LogP contribution in [0.1, 0.15) is 29.9 Å². The molecule has 0 saturated heterocycles. The Morgan fingerprint density at radius 3 is 2.88 bits per heavy atom. The van der Waals surface area contributed by atoms with Crippen molar-refractivity contribution in [1.82, 2.24) is 10.2 Å². The molecule has 2 heterocycles. The summed E-state index contributed by atoms with van der Waals surface area (Å²) < 4.78 is 10.8. The highest BCUT2D eigenvalue weighted by Gasteiger charge is 2.26. The fourth-order valence-corrected chi connectivity index (χ4v) is 3.13. The van der Waals surface area contributed by atoms with E-state index in [1.807, 2.05) is 19.1 Å². The number of carbonyl (C=O) groups is 1. The summed E-state index contributed by atoms with van der Waals surface area (Å²) in [6, 6.07) is 12.4. The van der Waals surface area contributed by atoms with Crippen LogP contribution in [-0.2, 0) is 22.5 Å². The molecule has 0 saturated carbocycles. The van der Waals surface area contributed by atoms with Crippen molar-refractivity contribution in [2.75, 3.05) is 26.3 Å². The van der Waals surface area contributed by atoms with Gasteiger partial charge in [0.25, 0.3) is 0 Å². The van der Waals surface area contributed by atoms with Crippen LogP contribution in [0.3, 0.4) is 0 Å². The van der Waals surface area contributed by atoms with E-state index in [-0.39, 0.29) is 18.6 Å².